The Hall–Kier alpha value is -0.690. The molecule has 0 atom stereocenters. The summed E-state index contributed by atoms with van der Waals surface area (Å²) in [4.78, 5) is 7.27. The van der Waals surface area contributed by atoms with Crippen LogP contribution in [0.4, 0.5) is 0 Å². The van der Waals surface area contributed by atoms with E-state index in [2.05, 4.69) is 27.8 Å². The van der Waals surface area contributed by atoms with Gasteiger partial charge in [0.1, 0.15) is 0 Å². The van der Waals surface area contributed by atoms with Crippen molar-refractivity contribution in [3.63, 3.8) is 0 Å². The first kappa shape index (κ1) is 31.3. The smallest absolute Gasteiger partial charge is 0.0990 e. The third-order valence-electron chi connectivity index (χ3n) is 6.87. The molecule has 0 aromatic rings. The molecule has 0 aromatic heterocycles. The van der Waals surface area contributed by atoms with Crippen LogP contribution in [0.15, 0.2) is 4.99 Å². The van der Waals surface area contributed by atoms with Crippen LogP contribution in [0.3, 0.4) is 0 Å². The van der Waals surface area contributed by atoms with Crippen molar-refractivity contribution >= 4 is 5.84 Å². The average molecular weight is 481 g/mol. The quantitative estimate of drug-likeness (QED) is 0.128. The second-order valence-corrected chi connectivity index (χ2v) is 10.0. The fourth-order valence-corrected chi connectivity index (χ4v) is 4.71. The Bertz CT molecular complexity index is 443. The van der Waals surface area contributed by atoms with Crippen LogP contribution in [0, 0.1) is 0 Å². The third-order valence-corrected chi connectivity index (χ3v) is 6.87. The van der Waals surface area contributed by atoms with Gasteiger partial charge in [0.05, 0.1) is 12.4 Å². The van der Waals surface area contributed by atoms with E-state index in [1.165, 1.54) is 109 Å². The van der Waals surface area contributed by atoms with E-state index in [0.29, 0.717) is 6.54 Å². The van der Waals surface area contributed by atoms with Gasteiger partial charge < -0.3 is 26.6 Å². The van der Waals surface area contributed by atoms with Crippen molar-refractivity contribution in [3.05, 3.63) is 0 Å². The molecule has 202 valence electrons. The van der Waals surface area contributed by atoms with Crippen molar-refractivity contribution in [3.8, 4) is 0 Å². The van der Waals surface area contributed by atoms with Crippen LogP contribution in [0.5, 0.6) is 0 Å². The molecule has 0 unspecified atom stereocenters. The molecule has 0 amide bonds. The van der Waals surface area contributed by atoms with Crippen LogP contribution in [-0.4, -0.2) is 76.2 Å². The van der Waals surface area contributed by atoms with E-state index in [1.807, 2.05) is 0 Å². The van der Waals surface area contributed by atoms with Crippen LogP contribution >= 0.6 is 0 Å². The van der Waals surface area contributed by atoms with Crippen molar-refractivity contribution in [1.82, 2.24) is 20.9 Å². The molecule has 0 spiro atoms. The van der Waals surface area contributed by atoms with Gasteiger partial charge in [0.15, 0.2) is 0 Å². The molecule has 0 saturated heterocycles. The van der Waals surface area contributed by atoms with E-state index in [4.69, 9.17) is 10.7 Å². The van der Waals surface area contributed by atoms with Crippen LogP contribution in [0.2, 0.25) is 0 Å². The number of hydrogen-bond donors (Lipinski definition) is 4. The molecule has 6 nitrogen and oxygen atoms in total. The SMILES string of the molecule is CCCCCCCCCCCCCCCCCC1=NCCN1CCNCCNCCNCCN. The van der Waals surface area contributed by atoms with Crippen molar-refractivity contribution in [2.45, 2.75) is 110 Å². The lowest BCUT2D eigenvalue weighted by molar-refractivity contribution is 0.432. The van der Waals surface area contributed by atoms with Crippen molar-refractivity contribution in [2.24, 2.45) is 10.7 Å². The second kappa shape index (κ2) is 25.4. The summed E-state index contributed by atoms with van der Waals surface area (Å²) < 4.78 is 0. The van der Waals surface area contributed by atoms with E-state index in [9.17, 15) is 0 Å². The Morgan fingerprint density at radius 3 is 1.65 bits per heavy atom. The molecular weight excluding hydrogens is 420 g/mol. The number of unbranched alkanes of at least 4 members (excludes halogenated alkanes) is 14. The zero-order valence-electron chi connectivity index (χ0n) is 22.9. The highest BCUT2D eigenvalue weighted by atomic mass is 15.2. The van der Waals surface area contributed by atoms with E-state index >= 15 is 0 Å². The molecule has 0 fully saturated rings. The number of nitrogens with zero attached hydrogens (tertiary/aromatic N) is 2. The molecule has 1 aliphatic rings. The van der Waals surface area contributed by atoms with Gasteiger partial charge in [-0.2, -0.15) is 0 Å². The molecule has 0 aliphatic carbocycles. The number of hydrogen-bond acceptors (Lipinski definition) is 6. The highest BCUT2D eigenvalue weighted by Gasteiger charge is 2.15. The third kappa shape index (κ3) is 19.6. The normalized spacial score (nSPS) is 13.7. The van der Waals surface area contributed by atoms with Gasteiger partial charge >= 0.3 is 0 Å². The van der Waals surface area contributed by atoms with Crippen LogP contribution in [0.1, 0.15) is 110 Å². The highest BCUT2D eigenvalue weighted by molar-refractivity contribution is 5.83. The molecule has 5 N–H and O–H groups in total. The summed E-state index contributed by atoms with van der Waals surface area (Å²) in [6.45, 7) is 12.2. The molecule has 0 saturated carbocycles. The van der Waals surface area contributed by atoms with Crippen molar-refractivity contribution in [2.75, 3.05) is 65.4 Å². The van der Waals surface area contributed by atoms with Crippen LogP contribution in [0.25, 0.3) is 0 Å². The summed E-state index contributed by atoms with van der Waals surface area (Å²) in [6, 6.07) is 0. The first-order chi connectivity index (χ1) is 16.9. The lowest BCUT2D eigenvalue weighted by atomic mass is 10.0. The Kier molecular flexibility index (Phi) is 23.4. The molecule has 6 heteroatoms. The minimum Gasteiger partial charge on any atom is -0.357 e. The van der Waals surface area contributed by atoms with Gasteiger partial charge in [0.25, 0.3) is 0 Å². The van der Waals surface area contributed by atoms with Crippen molar-refractivity contribution in [1.29, 1.82) is 0 Å². The predicted octanol–water partition coefficient (Wildman–Crippen LogP) is 4.69. The van der Waals surface area contributed by atoms with E-state index in [1.54, 1.807) is 0 Å². The van der Waals surface area contributed by atoms with Crippen molar-refractivity contribution < 1.29 is 0 Å². The summed E-state index contributed by atoms with van der Waals surface area (Å²) in [5.41, 5.74) is 5.46. The molecule has 1 aliphatic heterocycles. The molecule has 0 radical (unpaired) electrons. The van der Waals surface area contributed by atoms with Gasteiger partial charge in [-0.25, -0.2) is 0 Å². The maximum Gasteiger partial charge on any atom is 0.0990 e. The van der Waals surface area contributed by atoms with E-state index in [-0.39, 0.29) is 0 Å². The Labute approximate surface area is 212 Å². The molecular formula is C28H60N6. The fraction of sp³-hybridized carbons (Fsp3) is 0.964. The number of rotatable bonds is 27. The molecule has 34 heavy (non-hydrogen) atoms. The molecule has 0 bridgehead atoms. The molecule has 1 heterocycles. The van der Waals surface area contributed by atoms with E-state index in [0.717, 1.165) is 58.9 Å². The fourth-order valence-electron chi connectivity index (χ4n) is 4.71. The standard InChI is InChI=1S/C28H60N6/c1-2-3-4-5-6-7-8-9-10-11-12-13-14-15-16-17-28-33-25-27-34(28)26-24-32-23-22-31-21-20-30-19-18-29/h30-32H,2-27,29H2,1H3. The van der Waals surface area contributed by atoms with Gasteiger partial charge in [-0.15, -0.1) is 0 Å². The Balaban J connectivity index is 1.83. The number of nitrogens with two attached hydrogens (primary N) is 1. The second-order valence-electron chi connectivity index (χ2n) is 10.0. The number of aliphatic imine (C=N–C) groups is 1. The monoisotopic (exact) mass is 480 g/mol. The van der Waals surface area contributed by atoms with Gasteiger partial charge in [-0.3, -0.25) is 4.99 Å². The highest BCUT2D eigenvalue weighted by Crippen LogP contribution is 2.15. The first-order valence-corrected chi connectivity index (χ1v) is 15.0. The molecule has 0 aromatic carbocycles. The van der Waals surface area contributed by atoms with Gasteiger partial charge in [0, 0.05) is 65.3 Å². The number of amidine groups is 1. The first-order valence-electron chi connectivity index (χ1n) is 15.0. The summed E-state index contributed by atoms with van der Waals surface area (Å²) in [6.07, 6.45) is 22.6. The summed E-state index contributed by atoms with van der Waals surface area (Å²) in [5, 5.41) is 10.3. The molecule has 1 rings (SSSR count). The summed E-state index contributed by atoms with van der Waals surface area (Å²) >= 11 is 0. The van der Waals surface area contributed by atoms with E-state index < -0.39 is 0 Å². The van der Waals surface area contributed by atoms with Gasteiger partial charge in [-0.1, -0.05) is 96.8 Å². The van der Waals surface area contributed by atoms with Gasteiger partial charge in [-0.05, 0) is 6.42 Å². The average Bonchev–Trinajstić information content (AvgIpc) is 3.30. The zero-order valence-corrected chi connectivity index (χ0v) is 22.9. The summed E-state index contributed by atoms with van der Waals surface area (Å²) in [7, 11) is 0. The lowest BCUT2D eigenvalue weighted by Gasteiger charge is -2.20. The maximum atomic E-state index is 5.46. The minimum absolute atomic E-state index is 0.711. The topological polar surface area (TPSA) is 77.7 Å². The zero-order chi connectivity index (χ0) is 24.4. The lowest BCUT2D eigenvalue weighted by Crippen LogP contribution is -2.38. The largest absolute Gasteiger partial charge is 0.357 e. The van der Waals surface area contributed by atoms with Crippen LogP contribution in [-0.2, 0) is 0 Å². The Morgan fingerprint density at radius 2 is 1.12 bits per heavy atom. The van der Waals surface area contributed by atoms with Crippen LogP contribution < -0.4 is 21.7 Å². The maximum absolute atomic E-state index is 5.46. The summed E-state index contributed by atoms with van der Waals surface area (Å²) in [5.74, 6) is 1.36. The Morgan fingerprint density at radius 1 is 0.647 bits per heavy atom. The predicted molar refractivity (Wildman–Crippen MR) is 151 cm³/mol. The van der Waals surface area contributed by atoms with Gasteiger partial charge in [0.2, 0.25) is 0 Å². The number of nitrogens with one attached hydrogen (secondary N) is 3. The minimum atomic E-state index is 0.711.